The van der Waals surface area contributed by atoms with E-state index in [4.69, 9.17) is 0 Å². The molecule has 3 rings (SSSR count). The van der Waals surface area contributed by atoms with Crippen LogP contribution < -0.4 is 5.32 Å². The number of amides is 2. The fraction of sp³-hybridized carbons (Fsp3) is 0.529. The molecule has 23 heavy (non-hydrogen) atoms. The maximum Gasteiger partial charge on any atom is 0.226 e. The molecule has 2 aliphatic rings. The minimum Gasteiger partial charge on any atom is -0.352 e. The van der Waals surface area contributed by atoms with Crippen molar-refractivity contribution >= 4 is 23.6 Å². The average molecular weight is 336 g/mol. The molecule has 3 atom stereocenters. The van der Waals surface area contributed by atoms with Crippen LogP contribution in [0.1, 0.15) is 30.9 Å². The average Bonchev–Trinajstić information content (AvgIpc) is 2.85. The van der Waals surface area contributed by atoms with E-state index in [1.54, 1.807) is 24.1 Å². The molecule has 4 nitrogen and oxygen atoms in total. The smallest absolute Gasteiger partial charge is 0.226 e. The first-order valence-electron chi connectivity index (χ1n) is 7.95. The second kappa shape index (κ2) is 6.91. The van der Waals surface area contributed by atoms with E-state index in [-0.39, 0.29) is 36.1 Å². The molecule has 2 heterocycles. The molecule has 6 heteroatoms. The van der Waals surface area contributed by atoms with Crippen LogP contribution in [0.5, 0.6) is 0 Å². The summed E-state index contributed by atoms with van der Waals surface area (Å²) in [5.41, 5.74) is 0.804. The number of rotatable bonds is 3. The van der Waals surface area contributed by atoms with Crippen LogP contribution in [0.2, 0.25) is 0 Å². The summed E-state index contributed by atoms with van der Waals surface area (Å²) in [7, 11) is 1.71. The topological polar surface area (TPSA) is 49.4 Å². The fourth-order valence-electron chi connectivity index (χ4n) is 3.38. The molecule has 2 fully saturated rings. The third kappa shape index (κ3) is 3.52. The Morgan fingerprint density at radius 1 is 1.35 bits per heavy atom. The van der Waals surface area contributed by atoms with Gasteiger partial charge in [-0.15, -0.1) is 0 Å². The van der Waals surface area contributed by atoms with Gasteiger partial charge in [-0.3, -0.25) is 9.59 Å². The van der Waals surface area contributed by atoms with Gasteiger partial charge in [0.1, 0.15) is 5.82 Å². The number of carbonyl (C=O) groups excluding carboxylic acids is 2. The van der Waals surface area contributed by atoms with Crippen molar-refractivity contribution in [3.05, 3.63) is 35.6 Å². The van der Waals surface area contributed by atoms with Gasteiger partial charge in [0.25, 0.3) is 0 Å². The van der Waals surface area contributed by atoms with E-state index in [1.165, 1.54) is 12.1 Å². The van der Waals surface area contributed by atoms with Crippen LogP contribution in [0.15, 0.2) is 24.3 Å². The van der Waals surface area contributed by atoms with Gasteiger partial charge in [-0.25, -0.2) is 4.39 Å². The normalized spacial score (nSPS) is 28.0. The number of benzene rings is 1. The van der Waals surface area contributed by atoms with Gasteiger partial charge in [0, 0.05) is 25.3 Å². The molecular weight excluding hydrogens is 315 g/mol. The lowest BCUT2D eigenvalue weighted by molar-refractivity contribution is -0.128. The molecule has 0 radical (unpaired) electrons. The number of nitrogens with one attached hydrogen (secondary N) is 1. The molecular formula is C17H21FN2O2S. The van der Waals surface area contributed by atoms with Crippen LogP contribution in [0, 0.1) is 11.7 Å². The second-order valence-electron chi connectivity index (χ2n) is 6.23. The Kier molecular flexibility index (Phi) is 4.90. The van der Waals surface area contributed by atoms with E-state index >= 15 is 0 Å². The monoisotopic (exact) mass is 336 g/mol. The van der Waals surface area contributed by atoms with Crippen molar-refractivity contribution in [2.45, 2.75) is 31.3 Å². The highest BCUT2D eigenvalue weighted by Crippen LogP contribution is 2.37. The third-order valence-corrected chi connectivity index (χ3v) is 5.86. The zero-order valence-electron chi connectivity index (χ0n) is 13.1. The minimum absolute atomic E-state index is 0.0440. The molecule has 0 bridgehead atoms. The predicted octanol–water partition coefficient (Wildman–Crippen LogP) is 2.36. The van der Waals surface area contributed by atoms with E-state index in [0.717, 1.165) is 29.9 Å². The number of hydrogen-bond acceptors (Lipinski definition) is 3. The minimum atomic E-state index is -0.412. The largest absolute Gasteiger partial charge is 0.352 e. The Balaban J connectivity index is 1.76. The first kappa shape index (κ1) is 16.3. The van der Waals surface area contributed by atoms with Crippen molar-refractivity contribution < 1.29 is 14.0 Å². The highest BCUT2D eigenvalue weighted by Gasteiger charge is 2.43. The summed E-state index contributed by atoms with van der Waals surface area (Å²) in [6, 6.07) is 5.94. The second-order valence-corrected chi connectivity index (χ2v) is 7.38. The molecule has 0 spiro atoms. The molecule has 0 unspecified atom stereocenters. The molecule has 124 valence electrons. The molecule has 2 aliphatic heterocycles. The molecule has 0 aliphatic carbocycles. The van der Waals surface area contributed by atoms with Crippen molar-refractivity contribution in [3.8, 4) is 0 Å². The lowest BCUT2D eigenvalue weighted by Gasteiger charge is -2.28. The maximum absolute atomic E-state index is 13.2. The van der Waals surface area contributed by atoms with E-state index < -0.39 is 5.92 Å². The van der Waals surface area contributed by atoms with Gasteiger partial charge in [0.2, 0.25) is 11.8 Å². The van der Waals surface area contributed by atoms with Crippen LogP contribution in [-0.2, 0) is 9.59 Å². The maximum atomic E-state index is 13.2. The standard InChI is InChI=1S/C17H21FN2O2S/c1-20-15(21)9-14(16(20)11-4-6-12(18)7-5-11)17(22)19-13-3-2-8-23-10-13/h4-7,13-14,16H,2-3,8-10H2,1H3,(H,19,22)/t13-,14+,16-/m1/s1. The zero-order valence-corrected chi connectivity index (χ0v) is 13.9. The summed E-state index contributed by atoms with van der Waals surface area (Å²) < 4.78 is 13.2. The summed E-state index contributed by atoms with van der Waals surface area (Å²) in [5, 5.41) is 3.10. The number of carbonyl (C=O) groups is 2. The number of hydrogen-bond donors (Lipinski definition) is 1. The van der Waals surface area contributed by atoms with Crippen molar-refractivity contribution in [1.29, 1.82) is 0 Å². The van der Waals surface area contributed by atoms with E-state index in [1.807, 2.05) is 11.8 Å². The van der Waals surface area contributed by atoms with Gasteiger partial charge in [-0.2, -0.15) is 11.8 Å². The van der Waals surface area contributed by atoms with Crippen LogP contribution in [-0.4, -0.2) is 41.3 Å². The van der Waals surface area contributed by atoms with Crippen LogP contribution in [0.25, 0.3) is 0 Å². The van der Waals surface area contributed by atoms with Crippen LogP contribution in [0.4, 0.5) is 4.39 Å². The molecule has 2 amide bonds. The molecule has 1 aromatic carbocycles. The van der Waals surface area contributed by atoms with Gasteiger partial charge in [0.15, 0.2) is 0 Å². The predicted molar refractivity (Wildman–Crippen MR) is 88.5 cm³/mol. The van der Waals surface area contributed by atoms with E-state index in [2.05, 4.69) is 5.32 Å². The zero-order chi connectivity index (χ0) is 16.4. The number of thioether (sulfide) groups is 1. The summed E-state index contributed by atoms with van der Waals surface area (Å²) in [4.78, 5) is 26.4. The highest BCUT2D eigenvalue weighted by atomic mass is 32.2. The lowest BCUT2D eigenvalue weighted by Crippen LogP contribution is -2.43. The van der Waals surface area contributed by atoms with Crippen molar-refractivity contribution in [3.63, 3.8) is 0 Å². The Morgan fingerprint density at radius 2 is 2.09 bits per heavy atom. The van der Waals surface area contributed by atoms with Crippen LogP contribution >= 0.6 is 11.8 Å². The summed E-state index contributed by atoms with van der Waals surface area (Å²) in [5.74, 6) is 1.24. The number of nitrogens with zero attached hydrogens (tertiary/aromatic N) is 1. The quantitative estimate of drug-likeness (QED) is 0.922. The van der Waals surface area contributed by atoms with Crippen LogP contribution in [0.3, 0.4) is 0 Å². The van der Waals surface area contributed by atoms with Gasteiger partial charge >= 0.3 is 0 Å². The molecule has 1 N–H and O–H groups in total. The SMILES string of the molecule is CN1C(=O)C[C@H](C(=O)N[C@@H]2CCCSC2)[C@H]1c1ccc(F)cc1. The van der Waals surface area contributed by atoms with Gasteiger partial charge in [-0.05, 0) is 36.3 Å². The Bertz CT molecular complexity index is 587. The van der Waals surface area contributed by atoms with Gasteiger partial charge < -0.3 is 10.2 Å². The van der Waals surface area contributed by atoms with Gasteiger partial charge in [-0.1, -0.05) is 12.1 Å². The Labute approximate surface area is 139 Å². The first-order valence-corrected chi connectivity index (χ1v) is 9.11. The molecule has 2 saturated heterocycles. The van der Waals surface area contributed by atoms with Crippen molar-refractivity contribution in [2.75, 3.05) is 18.6 Å². The lowest BCUT2D eigenvalue weighted by atomic mass is 9.92. The Hall–Kier alpha value is -1.56. The molecule has 0 saturated carbocycles. The summed E-state index contributed by atoms with van der Waals surface area (Å²) in [6.45, 7) is 0. The molecule has 0 aromatic heterocycles. The number of likely N-dealkylation sites (tertiary alicyclic amines) is 1. The van der Waals surface area contributed by atoms with E-state index in [0.29, 0.717) is 0 Å². The van der Waals surface area contributed by atoms with Gasteiger partial charge in [0.05, 0.1) is 12.0 Å². The third-order valence-electron chi connectivity index (χ3n) is 4.64. The van der Waals surface area contributed by atoms with Crippen molar-refractivity contribution in [1.82, 2.24) is 10.2 Å². The highest BCUT2D eigenvalue weighted by molar-refractivity contribution is 7.99. The molecule has 1 aromatic rings. The van der Waals surface area contributed by atoms with E-state index in [9.17, 15) is 14.0 Å². The first-order chi connectivity index (χ1) is 11.1. The fourth-order valence-corrected chi connectivity index (χ4v) is 4.46. The van der Waals surface area contributed by atoms with Crippen molar-refractivity contribution in [2.24, 2.45) is 5.92 Å². The summed E-state index contributed by atoms with van der Waals surface area (Å²) >= 11 is 1.85. The summed E-state index contributed by atoms with van der Waals surface area (Å²) in [6.07, 6.45) is 2.32. The number of halogens is 1. The Morgan fingerprint density at radius 3 is 2.74 bits per heavy atom.